The van der Waals surface area contributed by atoms with Gasteiger partial charge in [-0.1, -0.05) is 12.2 Å². The van der Waals surface area contributed by atoms with Crippen LogP contribution in [0, 0.1) is 0 Å². The molecule has 0 bridgehead atoms. The molecule has 3 aliphatic rings. The molecule has 2 aromatic heterocycles. The van der Waals surface area contributed by atoms with Crippen LogP contribution in [0.4, 0.5) is 0 Å². The molecule has 2 aromatic rings. The molecule has 34 heavy (non-hydrogen) atoms. The van der Waals surface area contributed by atoms with Crippen molar-refractivity contribution in [3.63, 3.8) is 0 Å². The Bertz CT molecular complexity index is 972. The maximum Gasteiger partial charge on any atom is 0.490 e. The maximum atomic E-state index is 6.01. The Balaban J connectivity index is 0.000000152. The number of nitrogens with zero attached hydrogens (tertiary/aromatic N) is 2. The van der Waals surface area contributed by atoms with Crippen molar-refractivity contribution in [3.05, 3.63) is 46.5 Å². The number of thiazole rings is 2. The fourth-order valence-corrected chi connectivity index (χ4v) is 6.75. The Morgan fingerprint density at radius 3 is 1.79 bits per heavy atom. The lowest BCUT2D eigenvalue weighted by Gasteiger charge is -2.32. The molecule has 0 spiro atoms. The van der Waals surface area contributed by atoms with Crippen molar-refractivity contribution in [1.29, 1.82) is 0 Å². The molecule has 0 saturated carbocycles. The summed E-state index contributed by atoms with van der Waals surface area (Å²) in [6.07, 6.45) is 14.6. The lowest BCUT2D eigenvalue weighted by molar-refractivity contribution is 0.00578. The van der Waals surface area contributed by atoms with E-state index in [1.54, 1.807) is 22.7 Å². The molecular weight excluding hydrogens is 663 g/mol. The van der Waals surface area contributed by atoms with Gasteiger partial charge in [0.05, 0.1) is 11.2 Å². The van der Waals surface area contributed by atoms with Crippen molar-refractivity contribution in [2.45, 2.75) is 90.3 Å². The summed E-state index contributed by atoms with van der Waals surface area (Å²) >= 11 is 13.1. The van der Waals surface area contributed by atoms with Crippen molar-refractivity contribution in [2.24, 2.45) is 0 Å². The van der Waals surface area contributed by atoms with Gasteiger partial charge in [0.15, 0.2) is 3.92 Å². The Morgan fingerprint density at radius 1 is 0.794 bits per heavy atom. The average Bonchev–Trinajstić information content (AvgIpc) is 3.47. The number of allylic oxidation sites excluding steroid dienone is 4. The molecular formula is C24H32BBr3N2O2S2. The van der Waals surface area contributed by atoms with Crippen molar-refractivity contribution in [1.82, 2.24) is 9.97 Å². The van der Waals surface area contributed by atoms with E-state index >= 15 is 0 Å². The van der Waals surface area contributed by atoms with E-state index in [1.807, 2.05) is 10.8 Å². The molecule has 5 rings (SSSR count). The second kappa shape index (κ2) is 13.1. The third-order valence-corrected chi connectivity index (χ3v) is 10.1. The van der Waals surface area contributed by atoms with Crippen LogP contribution in [0.3, 0.4) is 0 Å². The monoisotopic (exact) mass is 692 g/mol. The van der Waals surface area contributed by atoms with E-state index in [4.69, 9.17) is 9.31 Å². The fourth-order valence-electron chi connectivity index (χ4n) is 3.74. The van der Waals surface area contributed by atoms with Gasteiger partial charge in [-0.15, -0.1) is 22.7 Å². The molecule has 0 unspecified atom stereocenters. The summed E-state index contributed by atoms with van der Waals surface area (Å²) in [5, 5.41) is 5.16. The molecule has 2 aliphatic carbocycles. The fraction of sp³-hybridized carbons (Fsp3) is 0.583. The summed E-state index contributed by atoms with van der Waals surface area (Å²) in [6.45, 7) is 8.43. The van der Waals surface area contributed by atoms with Gasteiger partial charge in [0.2, 0.25) is 0 Å². The number of rotatable bonds is 2. The predicted octanol–water partition coefficient (Wildman–Crippen LogP) is 9.65. The molecule has 3 heterocycles. The molecule has 0 N–H and O–H groups in total. The second-order valence-electron chi connectivity index (χ2n) is 9.49. The topological polar surface area (TPSA) is 44.2 Å². The Labute approximate surface area is 237 Å². The molecule has 1 aliphatic heterocycles. The molecule has 4 nitrogen and oxygen atoms in total. The highest BCUT2D eigenvalue weighted by Gasteiger charge is 2.52. The summed E-state index contributed by atoms with van der Waals surface area (Å²) in [5.74, 6) is 0. The van der Waals surface area contributed by atoms with Gasteiger partial charge in [-0.2, -0.15) is 0 Å². The minimum Gasteiger partial charge on any atom is -0.400 e. The summed E-state index contributed by atoms with van der Waals surface area (Å²) < 4.78 is 14.8. The SMILES string of the molecule is Brc1csc(Br)n1.Brc1csc(C2=CCCCC2)n1.CC1(C)OB(C2=CCCCC2)OC1(C)C. The van der Waals surface area contributed by atoms with Crippen LogP contribution in [0.5, 0.6) is 0 Å². The standard InChI is InChI=1S/C12H21BO2.C9H10BrNS.C3HBr2NS/c1-11(2)12(3,4)15-13(14-11)10-8-6-5-7-9-10;10-8-6-12-9(11-8)7-4-2-1-3-5-7;4-2-1-7-3(5)6-2/h8H,5-7,9H2,1-4H3;4,6H,1-3,5H2;1H. The summed E-state index contributed by atoms with van der Waals surface area (Å²) in [4.78, 5) is 8.36. The summed E-state index contributed by atoms with van der Waals surface area (Å²) in [6, 6.07) is 0. The van der Waals surface area contributed by atoms with E-state index in [0.717, 1.165) is 19.5 Å². The van der Waals surface area contributed by atoms with E-state index in [9.17, 15) is 0 Å². The first-order chi connectivity index (χ1) is 16.1. The predicted molar refractivity (Wildman–Crippen MR) is 156 cm³/mol. The highest BCUT2D eigenvalue weighted by molar-refractivity contribution is 9.11. The van der Waals surface area contributed by atoms with Crippen LogP contribution in [0.1, 0.15) is 84.1 Å². The molecule has 0 radical (unpaired) electrons. The van der Waals surface area contributed by atoms with Gasteiger partial charge in [-0.3, -0.25) is 0 Å². The van der Waals surface area contributed by atoms with E-state index in [0.29, 0.717) is 0 Å². The maximum absolute atomic E-state index is 6.01. The summed E-state index contributed by atoms with van der Waals surface area (Å²) in [5.41, 5.74) is 2.39. The first-order valence-electron chi connectivity index (χ1n) is 11.7. The lowest BCUT2D eigenvalue weighted by atomic mass is 9.73. The molecule has 0 aromatic carbocycles. The average molecular weight is 695 g/mol. The van der Waals surface area contributed by atoms with Crippen LogP contribution < -0.4 is 0 Å². The second-order valence-corrected chi connectivity index (χ2v) is 14.1. The number of halogens is 3. The minimum atomic E-state index is -0.198. The molecule has 10 heteroatoms. The van der Waals surface area contributed by atoms with Gasteiger partial charge < -0.3 is 9.31 Å². The molecule has 186 valence electrons. The van der Waals surface area contributed by atoms with Crippen LogP contribution in [0.2, 0.25) is 0 Å². The van der Waals surface area contributed by atoms with E-state index in [-0.39, 0.29) is 18.3 Å². The van der Waals surface area contributed by atoms with E-state index in [2.05, 4.69) is 97.6 Å². The van der Waals surface area contributed by atoms with Gasteiger partial charge in [0, 0.05) is 10.8 Å². The smallest absolute Gasteiger partial charge is 0.400 e. The summed E-state index contributed by atoms with van der Waals surface area (Å²) in [7, 11) is -0.102. The van der Waals surface area contributed by atoms with Gasteiger partial charge >= 0.3 is 7.12 Å². The first-order valence-corrected chi connectivity index (χ1v) is 15.8. The van der Waals surface area contributed by atoms with Gasteiger partial charge in [-0.05, 0) is 138 Å². The first kappa shape index (κ1) is 28.7. The van der Waals surface area contributed by atoms with Crippen LogP contribution in [-0.2, 0) is 9.31 Å². The molecule has 1 saturated heterocycles. The van der Waals surface area contributed by atoms with E-state index in [1.165, 1.54) is 61.0 Å². The van der Waals surface area contributed by atoms with E-state index < -0.39 is 0 Å². The molecule has 0 amide bonds. The van der Waals surface area contributed by atoms with Crippen LogP contribution in [-0.4, -0.2) is 28.3 Å². The zero-order valence-corrected chi connectivity index (χ0v) is 26.6. The van der Waals surface area contributed by atoms with Crippen LogP contribution in [0.25, 0.3) is 5.57 Å². The highest BCUT2D eigenvalue weighted by Crippen LogP contribution is 2.40. The van der Waals surface area contributed by atoms with Gasteiger partial charge in [-0.25, -0.2) is 9.97 Å². The molecule has 1 fully saturated rings. The Morgan fingerprint density at radius 2 is 1.38 bits per heavy atom. The number of hydrogen-bond acceptors (Lipinski definition) is 6. The third-order valence-electron chi connectivity index (χ3n) is 6.37. The Hall–Kier alpha value is 0.165. The van der Waals surface area contributed by atoms with Crippen molar-refractivity contribution in [3.8, 4) is 0 Å². The van der Waals surface area contributed by atoms with Crippen molar-refractivity contribution < 1.29 is 9.31 Å². The zero-order chi connectivity index (χ0) is 24.8. The van der Waals surface area contributed by atoms with Gasteiger partial charge in [0.1, 0.15) is 14.2 Å². The quantitative estimate of drug-likeness (QED) is 0.294. The van der Waals surface area contributed by atoms with Crippen LogP contribution in [0.15, 0.2) is 41.5 Å². The molecule has 0 atom stereocenters. The van der Waals surface area contributed by atoms with Crippen molar-refractivity contribution in [2.75, 3.05) is 0 Å². The largest absolute Gasteiger partial charge is 0.490 e. The normalized spacial score (nSPS) is 21.0. The number of aromatic nitrogens is 2. The lowest BCUT2D eigenvalue weighted by Crippen LogP contribution is -2.41. The zero-order valence-electron chi connectivity index (χ0n) is 20.2. The minimum absolute atomic E-state index is 0.102. The Kier molecular flexibility index (Phi) is 11.1. The van der Waals surface area contributed by atoms with Gasteiger partial charge in [0.25, 0.3) is 0 Å². The third kappa shape index (κ3) is 8.35. The van der Waals surface area contributed by atoms with Crippen LogP contribution >= 0.6 is 70.5 Å². The van der Waals surface area contributed by atoms with Crippen molar-refractivity contribution >= 4 is 83.2 Å². The highest BCUT2D eigenvalue weighted by atomic mass is 79.9. The number of hydrogen-bond donors (Lipinski definition) is 0.